The van der Waals surface area contributed by atoms with Crippen molar-refractivity contribution in [2.75, 3.05) is 13.2 Å². The van der Waals surface area contributed by atoms with Gasteiger partial charge in [0.1, 0.15) is 0 Å². The lowest BCUT2D eigenvalue weighted by Gasteiger charge is -2.34. The molecule has 0 aromatic carbocycles. The lowest BCUT2D eigenvalue weighted by atomic mass is 9.87. The van der Waals surface area contributed by atoms with Crippen molar-refractivity contribution in [2.24, 2.45) is 5.92 Å². The Labute approximate surface area is 147 Å². The molecule has 0 aliphatic carbocycles. The normalized spacial score (nSPS) is 34.2. The minimum absolute atomic E-state index is 0.125. The van der Waals surface area contributed by atoms with Crippen LogP contribution in [0.4, 0.5) is 0 Å². The maximum Gasteiger partial charge on any atom is 0.0802 e. The van der Waals surface area contributed by atoms with E-state index in [1.807, 2.05) is 6.08 Å². The van der Waals surface area contributed by atoms with Gasteiger partial charge in [0.05, 0.1) is 37.6 Å². The SMILES string of the molecule is C=CCOC/C=C/C1CC(=C)[C@H](CCC2CC(C)C(=C)C(C)O2)O1. The molecular formula is C21H32O3. The molecule has 2 aliphatic heterocycles. The standard InChI is InChI=1S/C21H32O3/c1-6-11-22-12-7-8-19-14-16(3)21(24-19)10-9-20-13-15(2)17(4)18(5)23-20/h6-8,15,18-21H,1,3-4,9-14H2,2,5H3/b8-7+/t15?,18?,19?,20?,21-/m0/s1. The highest BCUT2D eigenvalue weighted by Gasteiger charge is 2.31. The largest absolute Gasteiger partial charge is 0.373 e. The smallest absolute Gasteiger partial charge is 0.0802 e. The number of hydrogen-bond donors (Lipinski definition) is 0. The lowest BCUT2D eigenvalue weighted by Crippen LogP contribution is -2.32. The van der Waals surface area contributed by atoms with Crippen molar-refractivity contribution < 1.29 is 14.2 Å². The Morgan fingerprint density at radius 2 is 1.96 bits per heavy atom. The predicted molar refractivity (Wildman–Crippen MR) is 99.1 cm³/mol. The molecule has 0 saturated carbocycles. The zero-order chi connectivity index (χ0) is 17.5. The first-order chi connectivity index (χ1) is 11.5. The molecular weight excluding hydrogens is 300 g/mol. The molecule has 2 rings (SSSR count). The lowest BCUT2D eigenvalue weighted by molar-refractivity contribution is -0.0352. The fourth-order valence-corrected chi connectivity index (χ4v) is 3.46. The van der Waals surface area contributed by atoms with Crippen molar-refractivity contribution in [1.29, 1.82) is 0 Å². The van der Waals surface area contributed by atoms with Crippen LogP contribution in [-0.2, 0) is 14.2 Å². The minimum atomic E-state index is 0.125. The molecule has 4 unspecified atom stereocenters. The third-order valence-corrected chi connectivity index (χ3v) is 4.98. The first kappa shape index (κ1) is 19.2. The summed E-state index contributed by atoms with van der Waals surface area (Å²) in [4.78, 5) is 0. The zero-order valence-electron chi connectivity index (χ0n) is 15.2. The van der Waals surface area contributed by atoms with Crippen LogP contribution < -0.4 is 0 Å². The van der Waals surface area contributed by atoms with E-state index in [0.717, 1.165) is 25.7 Å². The Bertz CT molecular complexity index is 465. The molecule has 2 fully saturated rings. The third kappa shape index (κ3) is 5.44. The Morgan fingerprint density at radius 1 is 1.17 bits per heavy atom. The highest BCUT2D eigenvalue weighted by Crippen LogP contribution is 2.33. The van der Waals surface area contributed by atoms with Crippen LogP contribution in [0.25, 0.3) is 0 Å². The van der Waals surface area contributed by atoms with Crippen LogP contribution in [-0.4, -0.2) is 37.6 Å². The van der Waals surface area contributed by atoms with Crippen molar-refractivity contribution in [3.63, 3.8) is 0 Å². The highest BCUT2D eigenvalue weighted by molar-refractivity contribution is 5.14. The van der Waals surface area contributed by atoms with E-state index in [-0.39, 0.29) is 18.3 Å². The monoisotopic (exact) mass is 332 g/mol. The molecule has 2 aliphatic rings. The molecule has 0 radical (unpaired) electrons. The van der Waals surface area contributed by atoms with Crippen molar-refractivity contribution in [3.8, 4) is 0 Å². The van der Waals surface area contributed by atoms with E-state index in [2.05, 4.69) is 39.7 Å². The molecule has 0 N–H and O–H groups in total. The first-order valence-corrected chi connectivity index (χ1v) is 9.03. The van der Waals surface area contributed by atoms with Gasteiger partial charge in [0.25, 0.3) is 0 Å². The summed E-state index contributed by atoms with van der Waals surface area (Å²) in [6.07, 6.45) is 10.6. The van der Waals surface area contributed by atoms with Gasteiger partial charge in [-0.15, -0.1) is 6.58 Å². The summed E-state index contributed by atoms with van der Waals surface area (Å²) in [5.41, 5.74) is 2.41. The molecule has 0 amide bonds. The van der Waals surface area contributed by atoms with E-state index >= 15 is 0 Å². The molecule has 0 bridgehead atoms. The molecule has 5 atom stereocenters. The van der Waals surface area contributed by atoms with Crippen molar-refractivity contribution in [2.45, 2.75) is 63.9 Å². The van der Waals surface area contributed by atoms with E-state index in [1.165, 1.54) is 11.1 Å². The Hall–Kier alpha value is -1.16. The molecule has 3 nitrogen and oxygen atoms in total. The van der Waals surface area contributed by atoms with Gasteiger partial charge in [-0.1, -0.05) is 38.3 Å². The van der Waals surface area contributed by atoms with E-state index in [4.69, 9.17) is 14.2 Å². The van der Waals surface area contributed by atoms with Gasteiger partial charge in [-0.05, 0) is 43.3 Å². The molecule has 2 heterocycles. The average molecular weight is 332 g/mol. The van der Waals surface area contributed by atoms with Gasteiger partial charge in [0.15, 0.2) is 0 Å². The first-order valence-electron chi connectivity index (χ1n) is 9.03. The third-order valence-electron chi connectivity index (χ3n) is 4.98. The van der Waals surface area contributed by atoms with Gasteiger partial charge >= 0.3 is 0 Å². The fraction of sp³-hybridized carbons (Fsp3) is 0.619. The summed E-state index contributed by atoms with van der Waals surface area (Å²) < 4.78 is 17.5. The molecule has 134 valence electrons. The number of hydrogen-bond acceptors (Lipinski definition) is 3. The van der Waals surface area contributed by atoms with Gasteiger partial charge in [-0.2, -0.15) is 0 Å². The van der Waals surface area contributed by atoms with Crippen LogP contribution in [0.5, 0.6) is 0 Å². The van der Waals surface area contributed by atoms with E-state index in [0.29, 0.717) is 25.2 Å². The predicted octanol–water partition coefficient (Wildman–Crippen LogP) is 4.61. The second-order valence-corrected chi connectivity index (χ2v) is 6.97. The van der Waals surface area contributed by atoms with Gasteiger partial charge in [0, 0.05) is 6.42 Å². The molecule has 3 heteroatoms. The van der Waals surface area contributed by atoms with Crippen molar-refractivity contribution >= 4 is 0 Å². The molecule has 0 aromatic heterocycles. The molecule has 0 spiro atoms. The molecule has 24 heavy (non-hydrogen) atoms. The Morgan fingerprint density at radius 3 is 2.67 bits per heavy atom. The van der Waals surface area contributed by atoms with E-state index in [9.17, 15) is 0 Å². The highest BCUT2D eigenvalue weighted by atomic mass is 16.5. The van der Waals surface area contributed by atoms with Crippen molar-refractivity contribution in [3.05, 3.63) is 49.1 Å². The van der Waals surface area contributed by atoms with Crippen LogP contribution in [0.3, 0.4) is 0 Å². The summed E-state index contributed by atoms with van der Waals surface area (Å²) in [7, 11) is 0. The van der Waals surface area contributed by atoms with Crippen LogP contribution >= 0.6 is 0 Å². The molecule has 0 aromatic rings. The minimum Gasteiger partial charge on any atom is -0.373 e. The maximum absolute atomic E-state index is 6.11. The fourth-order valence-electron chi connectivity index (χ4n) is 3.46. The number of rotatable bonds is 8. The van der Waals surface area contributed by atoms with Crippen molar-refractivity contribution in [1.82, 2.24) is 0 Å². The Balaban J connectivity index is 1.72. The second kappa shape index (κ2) is 9.36. The number of ether oxygens (including phenoxy) is 3. The zero-order valence-corrected chi connectivity index (χ0v) is 15.2. The quantitative estimate of drug-likeness (QED) is 0.480. The maximum atomic E-state index is 6.11. The van der Waals surface area contributed by atoms with Gasteiger partial charge < -0.3 is 14.2 Å². The van der Waals surface area contributed by atoms with Crippen LogP contribution in [0.15, 0.2) is 49.1 Å². The summed E-state index contributed by atoms with van der Waals surface area (Å²) in [6, 6.07) is 0. The van der Waals surface area contributed by atoms with Crippen LogP contribution in [0.2, 0.25) is 0 Å². The van der Waals surface area contributed by atoms with Gasteiger partial charge in [-0.25, -0.2) is 0 Å². The summed E-state index contributed by atoms with van der Waals surface area (Å²) in [6.45, 7) is 17.5. The van der Waals surface area contributed by atoms with E-state index in [1.54, 1.807) is 6.08 Å². The molecule has 2 saturated heterocycles. The Kier molecular flexibility index (Phi) is 7.47. The topological polar surface area (TPSA) is 27.7 Å². The summed E-state index contributed by atoms with van der Waals surface area (Å²) >= 11 is 0. The van der Waals surface area contributed by atoms with E-state index < -0.39 is 0 Å². The second-order valence-electron chi connectivity index (χ2n) is 6.97. The van der Waals surface area contributed by atoms with Crippen LogP contribution in [0, 0.1) is 5.92 Å². The van der Waals surface area contributed by atoms with Gasteiger partial charge in [0.2, 0.25) is 0 Å². The van der Waals surface area contributed by atoms with Gasteiger partial charge in [-0.3, -0.25) is 0 Å². The summed E-state index contributed by atoms with van der Waals surface area (Å²) in [5, 5.41) is 0. The summed E-state index contributed by atoms with van der Waals surface area (Å²) in [5.74, 6) is 0.540. The average Bonchev–Trinajstić information content (AvgIpc) is 2.90. The van der Waals surface area contributed by atoms with Crippen LogP contribution in [0.1, 0.15) is 39.5 Å².